The Kier molecular flexibility index (Phi) is 3.27. The minimum Gasteiger partial charge on any atom is -0.481 e. The van der Waals surface area contributed by atoms with Gasteiger partial charge in [-0.2, -0.15) is 0 Å². The van der Waals surface area contributed by atoms with E-state index in [0.717, 1.165) is 30.4 Å². The lowest BCUT2D eigenvalue weighted by Gasteiger charge is -2.33. The number of fused-ring (bicyclic) bond motifs is 3. The number of nitrogens with zero attached hydrogens (tertiary/aromatic N) is 1. The molecule has 3 aliphatic rings. The van der Waals surface area contributed by atoms with Crippen molar-refractivity contribution in [3.63, 3.8) is 0 Å². The summed E-state index contributed by atoms with van der Waals surface area (Å²) in [6, 6.07) is 16.1. The minimum absolute atomic E-state index is 0.00334. The molecule has 0 saturated heterocycles. The van der Waals surface area contributed by atoms with Gasteiger partial charge >= 0.3 is 5.97 Å². The van der Waals surface area contributed by atoms with Crippen LogP contribution in [0.15, 0.2) is 48.5 Å². The maximum absolute atomic E-state index is 13.2. The van der Waals surface area contributed by atoms with Crippen LogP contribution in [0.3, 0.4) is 0 Å². The Morgan fingerprint density at radius 2 is 1.77 bits per heavy atom. The zero-order valence-corrected chi connectivity index (χ0v) is 14.5. The normalized spacial score (nSPS) is 28.5. The van der Waals surface area contributed by atoms with Crippen LogP contribution in [-0.2, 0) is 28.0 Å². The van der Waals surface area contributed by atoms with Gasteiger partial charge in [-0.15, -0.1) is 0 Å². The van der Waals surface area contributed by atoms with Gasteiger partial charge in [0.1, 0.15) is 0 Å². The molecule has 1 heterocycles. The number of benzene rings is 2. The van der Waals surface area contributed by atoms with Crippen LogP contribution in [0.25, 0.3) is 0 Å². The van der Waals surface area contributed by atoms with E-state index in [9.17, 15) is 14.7 Å². The highest BCUT2D eigenvalue weighted by atomic mass is 16.4. The second-order valence-electron chi connectivity index (χ2n) is 7.88. The molecule has 0 radical (unpaired) electrons. The maximum Gasteiger partial charge on any atom is 0.312 e. The molecule has 5 rings (SSSR count). The molecule has 1 N–H and O–H groups in total. The minimum atomic E-state index is -0.855. The highest BCUT2D eigenvalue weighted by Gasteiger charge is 2.62. The van der Waals surface area contributed by atoms with Crippen LogP contribution in [0.5, 0.6) is 0 Å². The highest BCUT2D eigenvalue weighted by Crippen LogP contribution is 2.62. The van der Waals surface area contributed by atoms with Crippen molar-refractivity contribution in [3.8, 4) is 0 Å². The molecule has 1 amide bonds. The lowest BCUT2D eigenvalue weighted by atomic mass is 9.89. The van der Waals surface area contributed by atoms with Gasteiger partial charge in [0.05, 0.1) is 5.92 Å². The molecule has 3 unspecified atom stereocenters. The second-order valence-corrected chi connectivity index (χ2v) is 7.88. The fourth-order valence-corrected chi connectivity index (χ4v) is 5.13. The number of hydrogen-bond donors (Lipinski definition) is 1. The predicted octanol–water partition coefficient (Wildman–Crippen LogP) is 3.10. The molecule has 2 aromatic rings. The molecule has 1 spiro atoms. The summed E-state index contributed by atoms with van der Waals surface area (Å²) in [6.45, 7) is 0.798. The molecule has 4 heteroatoms. The van der Waals surface area contributed by atoms with Gasteiger partial charge in [0, 0.05) is 24.4 Å². The smallest absolute Gasteiger partial charge is 0.312 e. The van der Waals surface area contributed by atoms with Crippen LogP contribution >= 0.6 is 0 Å². The first-order valence-electron chi connectivity index (χ1n) is 9.28. The van der Waals surface area contributed by atoms with Crippen molar-refractivity contribution < 1.29 is 14.7 Å². The van der Waals surface area contributed by atoms with E-state index in [1.54, 1.807) is 4.90 Å². The molecule has 2 aromatic carbocycles. The van der Waals surface area contributed by atoms with Crippen molar-refractivity contribution in [2.45, 2.75) is 37.1 Å². The van der Waals surface area contributed by atoms with Crippen LogP contribution in [0, 0.1) is 5.92 Å². The largest absolute Gasteiger partial charge is 0.481 e. The zero-order valence-electron chi connectivity index (χ0n) is 14.5. The van der Waals surface area contributed by atoms with Gasteiger partial charge in [-0.25, -0.2) is 0 Å². The number of carboxylic acid groups (broad SMARTS) is 1. The number of carboxylic acids is 1. The molecule has 1 fully saturated rings. The first-order valence-corrected chi connectivity index (χ1v) is 9.28. The molecule has 0 aromatic heterocycles. The average molecular weight is 347 g/mol. The summed E-state index contributed by atoms with van der Waals surface area (Å²) >= 11 is 0. The number of carbonyl (C=O) groups excluding carboxylic acids is 1. The van der Waals surface area contributed by atoms with E-state index in [4.69, 9.17) is 0 Å². The van der Waals surface area contributed by atoms with E-state index in [2.05, 4.69) is 24.3 Å². The fourth-order valence-electron chi connectivity index (χ4n) is 5.13. The Labute approximate surface area is 152 Å². The molecule has 1 aliphatic heterocycles. The van der Waals surface area contributed by atoms with Crippen molar-refractivity contribution in [1.82, 2.24) is 4.90 Å². The van der Waals surface area contributed by atoms with Gasteiger partial charge in [0.2, 0.25) is 5.91 Å². The van der Waals surface area contributed by atoms with Gasteiger partial charge in [-0.05, 0) is 41.5 Å². The van der Waals surface area contributed by atoms with Gasteiger partial charge < -0.3 is 10.0 Å². The standard InChI is InChI=1S/C22H21NO3/c24-20(19-11-22(19)10-9-14-5-2-4-8-18(14)22)23-12-15-6-1-3-7-16(15)17(13-23)21(25)26/h1-8,17,19H,9-13H2,(H,25,26). The van der Waals surface area contributed by atoms with E-state index in [1.807, 2.05) is 24.3 Å². The van der Waals surface area contributed by atoms with Crippen LogP contribution in [0.2, 0.25) is 0 Å². The summed E-state index contributed by atoms with van der Waals surface area (Å²) in [5.74, 6) is -1.35. The number of aliphatic carboxylic acids is 1. The van der Waals surface area contributed by atoms with Gasteiger partial charge in [-0.1, -0.05) is 48.5 Å². The number of rotatable bonds is 2. The van der Waals surface area contributed by atoms with E-state index < -0.39 is 11.9 Å². The highest BCUT2D eigenvalue weighted by molar-refractivity contribution is 5.87. The SMILES string of the molecule is O=C(O)C1CN(C(=O)C2CC23CCc2ccccc23)Cc2ccccc21. The molecule has 4 nitrogen and oxygen atoms in total. The Bertz CT molecular complexity index is 921. The lowest BCUT2D eigenvalue weighted by Crippen LogP contribution is -2.42. The van der Waals surface area contributed by atoms with E-state index in [1.165, 1.54) is 11.1 Å². The summed E-state index contributed by atoms with van der Waals surface area (Å²) in [4.78, 5) is 26.8. The summed E-state index contributed by atoms with van der Waals surface area (Å²) in [6.07, 6.45) is 2.98. The fraction of sp³-hybridized carbons (Fsp3) is 0.364. The monoisotopic (exact) mass is 347 g/mol. The second kappa shape index (κ2) is 5.44. The van der Waals surface area contributed by atoms with Gasteiger partial charge in [-0.3, -0.25) is 9.59 Å². The first-order chi connectivity index (χ1) is 12.6. The van der Waals surface area contributed by atoms with Crippen LogP contribution < -0.4 is 0 Å². The van der Waals surface area contributed by atoms with E-state index >= 15 is 0 Å². The zero-order chi connectivity index (χ0) is 17.9. The Morgan fingerprint density at radius 3 is 2.58 bits per heavy atom. The Hall–Kier alpha value is -2.62. The van der Waals surface area contributed by atoms with Gasteiger partial charge in [0.25, 0.3) is 0 Å². The number of aryl methyl sites for hydroxylation is 1. The topological polar surface area (TPSA) is 57.6 Å². The number of carbonyl (C=O) groups is 2. The van der Waals surface area contributed by atoms with Crippen molar-refractivity contribution >= 4 is 11.9 Å². The van der Waals surface area contributed by atoms with Gasteiger partial charge in [0.15, 0.2) is 0 Å². The first kappa shape index (κ1) is 15.6. The molecule has 26 heavy (non-hydrogen) atoms. The van der Waals surface area contributed by atoms with E-state index in [0.29, 0.717) is 6.54 Å². The van der Waals surface area contributed by atoms with Crippen molar-refractivity contribution in [2.24, 2.45) is 5.92 Å². The summed E-state index contributed by atoms with van der Waals surface area (Å²) in [5.41, 5.74) is 4.52. The van der Waals surface area contributed by atoms with Crippen LogP contribution in [-0.4, -0.2) is 28.4 Å². The quantitative estimate of drug-likeness (QED) is 0.908. The van der Waals surface area contributed by atoms with E-state index in [-0.39, 0.29) is 23.8 Å². The molecule has 132 valence electrons. The van der Waals surface area contributed by atoms with Crippen molar-refractivity contribution in [3.05, 3.63) is 70.8 Å². The van der Waals surface area contributed by atoms with Crippen molar-refractivity contribution in [2.75, 3.05) is 6.54 Å². The molecule has 1 saturated carbocycles. The lowest BCUT2D eigenvalue weighted by molar-refractivity contribution is -0.141. The van der Waals surface area contributed by atoms with Crippen LogP contribution in [0.1, 0.15) is 41.0 Å². The number of amides is 1. The summed E-state index contributed by atoms with van der Waals surface area (Å²) in [5, 5.41) is 9.64. The van der Waals surface area contributed by atoms with Crippen molar-refractivity contribution in [1.29, 1.82) is 0 Å². The summed E-state index contributed by atoms with van der Waals surface area (Å²) in [7, 11) is 0. The average Bonchev–Trinajstić information content (AvgIpc) is 3.28. The van der Waals surface area contributed by atoms with Crippen LogP contribution in [0.4, 0.5) is 0 Å². The maximum atomic E-state index is 13.2. The predicted molar refractivity (Wildman–Crippen MR) is 96.8 cm³/mol. The third-order valence-electron chi connectivity index (χ3n) is 6.57. The molecule has 0 bridgehead atoms. The third-order valence-corrected chi connectivity index (χ3v) is 6.57. The Morgan fingerprint density at radius 1 is 1.04 bits per heavy atom. The molecule has 2 aliphatic carbocycles. The Balaban J connectivity index is 1.42. The molecular formula is C22H21NO3. The number of hydrogen-bond acceptors (Lipinski definition) is 2. The summed E-state index contributed by atoms with van der Waals surface area (Å²) < 4.78 is 0. The third kappa shape index (κ3) is 2.14. The molecular weight excluding hydrogens is 326 g/mol. The molecule has 3 atom stereocenters.